The van der Waals surface area contributed by atoms with E-state index in [0.717, 1.165) is 48.3 Å². The van der Waals surface area contributed by atoms with Crippen LogP contribution in [0.15, 0.2) is 47.8 Å². The van der Waals surface area contributed by atoms with Crippen LogP contribution in [0.25, 0.3) is 10.9 Å². The SMILES string of the molecule is CC(=NOCCO)c1ccc(=N)n(C(=N)Cc2ccc3ncc(N4CCN(C)CC4)cc3c2)n1. The Hall–Kier alpha value is -3.63. The van der Waals surface area contributed by atoms with E-state index in [9.17, 15) is 0 Å². The Kier molecular flexibility index (Phi) is 7.29. The van der Waals surface area contributed by atoms with Gasteiger partial charge in [0.25, 0.3) is 0 Å². The first-order valence-corrected chi connectivity index (χ1v) is 11.3. The standard InChI is InChI=1S/C24H30N8O2/c1-17(29-34-12-11-33)21-5-6-23(25)32(28-21)24(26)14-18-3-4-22-19(13-18)15-20(16-27-22)31-9-7-30(2)8-10-31/h3-6,13,15-16,25-26,33H,7-12,14H2,1-2H3. The molecule has 0 amide bonds. The van der Waals surface area contributed by atoms with Crippen molar-refractivity contribution in [1.82, 2.24) is 19.7 Å². The second-order valence-electron chi connectivity index (χ2n) is 8.38. The molecule has 34 heavy (non-hydrogen) atoms. The van der Waals surface area contributed by atoms with Gasteiger partial charge in [-0.3, -0.25) is 15.8 Å². The third kappa shape index (κ3) is 5.46. The molecule has 0 bridgehead atoms. The van der Waals surface area contributed by atoms with Gasteiger partial charge in [-0.05, 0) is 49.9 Å². The lowest BCUT2D eigenvalue weighted by Gasteiger charge is -2.33. The van der Waals surface area contributed by atoms with Crippen LogP contribution in [0.5, 0.6) is 0 Å². The van der Waals surface area contributed by atoms with Gasteiger partial charge in [-0.15, -0.1) is 0 Å². The van der Waals surface area contributed by atoms with Gasteiger partial charge in [-0.25, -0.2) is 4.68 Å². The first-order chi connectivity index (χ1) is 16.4. The summed E-state index contributed by atoms with van der Waals surface area (Å²) in [4.78, 5) is 14.3. The zero-order chi connectivity index (χ0) is 24.1. The van der Waals surface area contributed by atoms with E-state index in [2.05, 4.69) is 44.2 Å². The van der Waals surface area contributed by atoms with Crippen molar-refractivity contribution in [3.8, 4) is 0 Å². The molecule has 0 atom stereocenters. The number of pyridine rings is 1. The molecule has 3 aromatic rings. The van der Waals surface area contributed by atoms with Crippen LogP contribution in [0.2, 0.25) is 0 Å². The van der Waals surface area contributed by atoms with Gasteiger partial charge in [0.15, 0.2) is 0 Å². The lowest BCUT2D eigenvalue weighted by Crippen LogP contribution is -2.44. The van der Waals surface area contributed by atoms with E-state index in [4.69, 9.17) is 20.8 Å². The van der Waals surface area contributed by atoms with Gasteiger partial charge in [0.1, 0.15) is 29.3 Å². The van der Waals surface area contributed by atoms with E-state index in [1.165, 1.54) is 4.68 Å². The molecule has 1 saturated heterocycles. The number of hydrogen-bond acceptors (Lipinski definition) is 9. The second kappa shape index (κ2) is 10.5. The van der Waals surface area contributed by atoms with Crippen molar-refractivity contribution < 1.29 is 9.94 Å². The Balaban J connectivity index is 1.54. The van der Waals surface area contributed by atoms with Crippen molar-refractivity contribution in [3.63, 3.8) is 0 Å². The van der Waals surface area contributed by atoms with E-state index in [0.29, 0.717) is 17.8 Å². The van der Waals surface area contributed by atoms with Crippen molar-refractivity contribution in [3.05, 3.63) is 59.3 Å². The average Bonchev–Trinajstić information content (AvgIpc) is 2.84. The summed E-state index contributed by atoms with van der Waals surface area (Å²) >= 11 is 0. The maximum absolute atomic E-state index is 8.83. The molecule has 10 nitrogen and oxygen atoms in total. The number of nitrogens with one attached hydrogen (secondary N) is 2. The minimum Gasteiger partial charge on any atom is -0.393 e. The molecule has 3 heterocycles. The number of nitrogens with zero attached hydrogens (tertiary/aromatic N) is 6. The van der Waals surface area contributed by atoms with E-state index in [1.807, 2.05) is 18.3 Å². The number of oxime groups is 1. The Morgan fingerprint density at radius 3 is 2.71 bits per heavy atom. The number of aliphatic hydroxyl groups excluding tert-OH is 1. The Morgan fingerprint density at radius 2 is 1.94 bits per heavy atom. The number of likely N-dealkylation sites (N-methyl/N-ethyl adjacent to an activating group) is 1. The molecule has 1 aromatic carbocycles. The van der Waals surface area contributed by atoms with E-state index in [1.54, 1.807) is 19.1 Å². The minimum atomic E-state index is -0.126. The Bertz CT molecular complexity index is 1260. The third-order valence-corrected chi connectivity index (χ3v) is 5.82. The van der Waals surface area contributed by atoms with Crippen LogP contribution in [-0.2, 0) is 11.3 Å². The number of benzene rings is 1. The van der Waals surface area contributed by atoms with Gasteiger partial charge in [0, 0.05) is 38.0 Å². The second-order valence-corrected chi connectivity index (χ2v) is 8.38. The molecule has 0 spiro atoms. The van der Waals surface area contributed by atoms with Gasteiger partial charge in [-0.1, -0.05) is 11.2 Å². The highest BCUT2D eigenvalue weighted by atomic mass is 16.6. The van der Waals surface area contributed by atoms with Gasteiger partial charge >= 0.3 is 0 Å². The van der Waals surface area contributed by atoms with Crippen molar-refractivity contribution >= 4 is 28.1 Å². The highest BCUT2D eigenvalue weighted by Gasteiger charge is 2.15. The molecule has 178 valence electrons. The van der Waals surface area contributed by atoms with Crippen LogP contribution in [-0.4, -0.2) is 82.8 Å². The lowest BCUT2D eigenvalue weighted by molar-refractivity contribution is 0.0986. The molecule has 0 saturated carbocycles. The number of aromatic nitrogens is 3. The number of fused-ring (bicyclic) bond motifs is 1. The molecule has 4 rings (SSSR count). The summed E-state index contributed by atoms with van der Waals surface area (Å²) < 4.78 is 1.30. The van der Waals surface area contributed by atoms with E-state index in [-0.39, 0.29) is 24.5 Å². The molecule has 1 aliphatic heterocycles. The number of aliphatic hydroxyl groups is 1. The third-order valence-electron chi connectivity index (χ3n) is 5.82. The molecule has 0 unspecified atom stereocenters. The smallest absolute Gasteiger partial charge is 0.148 e. The van der Waals surface area contributed by atoms with Crippen molar-refractivity contribution in [1.29, 1.82) is 10.8 Å². The van der Waals surface area contributed by atoms with Gasteiger partial charge in [0.2, 0.25) is 0 Å². The van der Waals surface area contributed by atoms with Crippen molar-refractivity contribution in [2.24, 2.45) is 5.16 Å². The van der Waals surface area contributed by atoms with E-state index >= 15 is 0 Å². The summed E-state index contributed by atoms with van der Waals surface area (Å²) in [6, 6.07) is 11.4. The van der Waals surface area contributed by atoms with Crippen LogP contribution in [0.1, 0.15) is 18.2 Å². The number of anilines is 1. The predicted molar refractivity (Wildman–Crippen MR) is 132 cm³/mol. The first kappa shape index (κ1) is 23.5. The molecule has 0 radical (unpaired) electrons. The summed E-state index contributed by atoms with van der Waals surface area (Å²) in [5, 5.41) is 35.0. The molecule has 2 aromatic heterocycles. The number of piperazine rings is 1. The first-order valence-electron chi connectivity index (χ1n) is 11.3. The monoisotopic (exact) mass is 462 g/mol. The topological polar surface area (TPSA) is 127 Å². The van der Waals surface area contributed by atoms with Crippen LogP contribution in [0.4, 0.5) is 5.69 Å². The van der Waals surface area contributed by atoms with Crippen LogP contribution < -0.4 is 10.4 Å². The maximum atomic E-state index is 8.83. The van der Waals surface area contributed by atoms with E-state index < -0.39 is 0 Å². The fourth-order valence-electron chi connectivity index (χ4n) is 3.84. The van der Waals surface area contributed by atoms with Gasteiger partial charge in [-0.2, -0.15) is 5.10 Å². The number of hydrogen-bond donors (Lipinski definition) is 3. The van der Waals surface area contributed by atoms with Crippen LogP contribution >= 0.6 is 0 Å². The number of rotatable bonds is 7. The van der Waals surface area contributed by atoms with Gasteiger partial charge in [0.05, 0.1) is 24.0 Å². The fraction of sp³-hybridized carbons (Fsp3) is 0.375. The lowest BCUT2D eigenvalue weighted by atomic mass is 10.1. The zero-order valence-electron chi connectivity index (χ0n) is 19.5. The zero-order valence-corrected chi connectivity index (χ0v) is 19.5. The maximum Gasteiger partial charge on any atom is 0.148 e. The molecule has 10 heteroatoms. The summed E-state index contributed by atoms with van der Waals surface area (Å²) in [5.41, 5.74) is 4.09. The summed E-state index contributed by atoms with van der Waals surface area (Å²) in [6.45, 7) is 5.72. The normalized spacial score (nSPS) is 15.0. The molecular weight excluding hydrogens is 432 g/mol. The van der Waals surface area contributed by atoms with Crippen molar-refractivity contribution in [2.45, 2.75) is 13.3 Å². The largest absolute Gasteiger partial charge is 0.393 e. The Morgan fingerprint density at radius 1 is 1.15 bits per heavy atom. The van der Waals surface area contributed by atoms with Crippen molar-refractivity contribution in [2.75, 3.05) is 51.3 Å². The summed E-state index contributed by atoms with van der Waals surface area (Å²) in [7, 11) is 2.14. The molecule has 0 aliphatic carbocycles. The molecule has 3 N–H and O–H groups in total. The molecule has 1 fully saturated rings. The van der Waals surface area contributed by atoms with Crippen LogP contribution in [0.3, 0.4) is 0 Å². The van der Waals surface area contributed by atoms with Crippen LogP contribution in [0, 0.1) is 10.8 Å². The average molecular weight is 463 g/mol. The minimum absolute atomic E-state index is 0.0943. The summed E-state index contributed by atoms with van der Waals surface area (Å²) in [6.07, 6.45) is 2.25. The van der Waals surface area contributed by atoms with Gasteiger partial charge < -0.3 is 19.7 Å². The predicted octanol–water partition coefficient (Wildman–Crippen LogP) is 1.46. The molecular formula is C24H30N8O2. The quantitative estimate of drug-likeness (QED) is 0.211. The highest BCUT2D eigenvalue weighted by Crippen LogP contribution is 2.22. The Labute approximate surface area is 198 Å². The molecule has 1 aliphatic rings. The fourth-order valence-corrected chi connectivity index (χ4v) is 3.84. The highest BCUT2D eigenvalue weighted by molar-refractivity contribution is 5.96. The summed E-state index contributed by atoms with van der Waals surface area (Å²) in [5.74, 6) is 0.179.